The van der Waals surface area contributed by atoms with E-state index < -0.39 is 0 Å². The second-order valence-electron chi connectivity index (χ2n) is 4.43. The number of nitrogens with two attached hydrogens (primary N) is 1. The van der Waals surface area contributed by atoms with Crippen molar-refractivity contribution in [3.63, 3.8) is 0 Å². The summed E-state index contributed by atoms with van der Waals surface area (Å²) in [5.41, 5.74) is 5.61. The van der Waals surface area contributed by atoms with Gasteiger partial charge >= 0.3 is 0 Å². The molecule has 1 fully saturated rings. The van der Waals surface area contributed by atoms with Crippen molar-refractivity contribution in [3.8, 4) is 0 Å². The van der Waals surface area contributed by atoms with Gasteiger partial charge in [0.1, 0.15) is 0 Å². The highest BCUT2D eigenvalue weighted by atomic mass is 32.1. The summed E-state index contributed by atoms with van der Waals surface area (Å²) in [6.07, 6.45) is 5.58. The van der Waals surface area contributed by atoms with Crippen LogP contribution in [0.15, 0.2) is 12.1 Å². The Labute approximate surface area is 96.1 Å². The van der Waals surface area contributed by atoms with Crippen LogP contribution in [0.3, 0.4) is 0 Å². The molecule has 0 atom stereocenters. The molecule has 3 heteroatoms. The first-order valence-corrected chi connectivity index (χ1v) is 6.59. The molecule has 1 aliphatic carbocycles. The fourth-order valence-electron chi connectivity index (χ4n) is 2.34. The predicted molar refractivity (Wildman–Crippen MR) is 65.9 cm³/mol. The minimum atomic E-state index is 0.678. The highest BCUT2D eigenvalue weighted by Gasteiger charge is 2.19. The van der Waals surface area contributed by atoms with Gasteiger partial charge in [0.15, 0.2) is 0 Å². The van der Waals surface area contributed by atoms with Crippen LogP contribution in [0.2, 0.25) is 0 Å². The zero-order valence-corrected chi connectivity index (χ0v) is 10.2. The van der Waals surface area contributed by atoms with Crippen molar-refractivity contribution in [1.29, 1.82) is 0 Å². The van der Waals surface area contributed by atoms with Crippen LogP contribution in [0, 0.1) is 0 Å². The molecule has 0 spiro atoms. The molecule has 0 amide bonds. The third-order valence-electron chi connectivity index (χ3n) is 3.27. The molecular formula is C12H20N2S. The van der Waals surface area contributed by atoms with Crippen LogP contribution < -0.4 is 5.73 Å². The lowest BCUT2D eigenvalue weighted by Crippen LogP contribution is -2.28. The summed E-state index contributed by atoms with van der Waals surface area (Å²) in [4.78, 5) is 5.24. The van der Waals surface area contributed by atoms with Crippen molar-refractivity contribution in [2.24, 2.45) is 5.73 Å². The van der Waals surface area contributed by atoms with Crippen molar-refractivity contribution >= 4 is 11.3 Å². The van der Waals surface area contributed by atoms with Gasteiger partial charge in [-0.1, -0.05) is 12.8 Å². The Kier molecular flexibility index (Phi) is 3.78. The lowest BCUT2D eigenvalue weighted by atomic mass is 10.2. The first kappa shape index (κ1) is 11.1. The monoisotopic (exact) mass is 224 g/mol. The van der Waals surface area contributed by atoms with E-state index in [9.17, 15) is 0 Å². The highest BCUT2D eigenvalue weighted by Crippen LogP contribution is 2.25. The van der Waals surface area contributed by atoms with Gasteiger partial charge in [0, 0.05) is 28.9 Å². The Bertz CT molecular complexity index is 302. The van der Waals surface area contributed by atoms with E-state index >= 15 is 0 Å². The number of thiophene rings is 1. The van der Waals surface area contributed by atoms with E-state index in [1.54, 1.807) is 0 Å². The van der Waals surface area contributed by atoms with Gasteiger partial charge in [0.05, 0.1) is 0 Å². The van der Waals surface area contributed by atoms with Crippen molar-refractivity contribution in [3.05, 3.63) is 21.9 Å². The third kappa shape index (κ3) is 2.80. The van der Waals surface area contributed by atoms with Crippen molar-refractivity contribution in [2.45, 2.75) is 44.8 Å². The van der Waals surface area contributed by atoms with Crippen molar-refractivity contribution in [2.75, 3.05) is 7.05 Å². The molecule has 2 rings (SSSR count). The van der Waals surface area contributed by atoms with E-state index in [0.29, 0.717) is 6.54 Å². The molecule has 2 nitrogen and oxygen atoms in total. The van der Waals surface area contributed by atoms with Gasteiger partial charge in [-0.25, -0.2) is 0 Å². The maximum Gasteiger partial charge on any atom is 0.0327 e. The molecule has 0 aromatic carbocycles. The summed E-state index contributed by atoms with van der Waals surface area (Å²) >= 11 is 1.85. The summed E-state index contributed by atoms with van der Waals surface area (Å²) in [6.45, 7) is 1.77. The Balaban J connectivity index is 1.89. The highest BCUT2D eigenvalue weighted by molar-refractivity contribution is 7.11. The number of rotatable bonds is 4. The van der Waals surface area contributed by atoms with Crippen LogP contribution in [0.4, 0.5) is 0 Å². The van der Waals surface area contributed by atoms with Crippen LogP contribution >= 0.6 is 11.3 Å². The summed E-state index contributed by atoms with van der Waals surface area (Å²) < 4.78 is 0. The quantitative estimate of drug-likeness (QED) is 0.851. The zero-order valence-electron chi connectivity index (χ0n) is 9.41. The fourth-order valence-corrected chi connectivity index (χ4v) is 3.30. The standard InChI is InChI=1S/C12H20N2S/c1-14(10-4-2-3-5-10)9-12-7-6-11(8-13)15-12/h6-7,10H,2-5,8-9,13H2,1H3. The van der Waals surface area contributed by atoms with Crippen LogP contribution in [0.5, 0.6) is 0 Å². The average molecular weight is 224 g/mol. The van der Waals surface area contributed by atoms with Crippen LogP contribution in [-0.2, 0) is 13.1 Å². The molecule has 1 aliphatic rings. The Hall–Kier alpha value is -0.380. The number of nitrogens with zero attached hydrogens (tertiary/aromatic N) is 1. The van der Waals surface area contributed by atoms with Crippen LogP contribution in [-0.4, -0.2) is 18.0 Å². The molecule has 84 valence electrons. The molecule has 1 aromatic heterocycles. The maximum atomic E-state index is 5.61. The first-order valence-electron chi connectivity index (χ1n) is 5.77. The summed E-state index contributed by atoms with van der Waals surface area (Å²) in [6, 6.07) is 5.19. The molecule has 0 unspecified atom stereocenters. The van der Waals surface area contributed by atoms with Crippen LogP contribution in [0.25, 0.3) is 0 Å². The average Bonchev–Trinajstić information content (AvgIpc) is 2.87. The minimum Gasteiger partial charge on any atom is -0.326 e. The van der Waals surface area contributed by atoms with Gasteiger partial charge in [-0.3, -0.25) is 4.90 Å². The summed E-state index contributed by atoms with van der Waals surface area (Å²) in [5, 5.41) is 0. The lowest BCUT2D eigenvalue weighted by Gasteiger charge is -2.23. The van der Waals surface area contributed by atoms with E-state index in [1.807, 2.05) is 11.3 Å². The summed E-state index contributed by atoms with van der Waals surface area (Å²) in [5.74, 6) is 0. The van der Waals surface area contributed by atoms with Gasteiger partial charge in [-0.2, -0.15) is 0 Å². The Morgan fingerprint density at radius 1 is 1.33 bits per heavy atom. The second kappa shape index (κ2) is 5.10. The molecule has 1 saturated carbocycles. The topological polar surface area (TPSA) is 29.3 Å². The van der Waals surface area contributed by atoms with E-state index in [0.717, 1.165) is 12.6 Å². The van der Waals surface area contributed by atoms with E-state index in [4.69, 9.17) is 5.73 Å². The lowest BCUT2D eigenvalue weighted by molar-refractivity contribution is 0.239. The SMILES string of the molecule is CN(Cc1ccc(CN)s1)C1CCCC1. The Morgan fingerprint density at radius 2 is 2.00 bits per heavy atom. The van der Waals surface area contributed by atoms with Gasteiger partial charge in [0.2, 0.25) is 0 Å². The molecule has 0 bridgehead atoms. The van der Waals surface area contributed by atoms with Crippen LogP contribution in [0.1, 0.15) is 35.4 Å². The number of hydrogen-bond donors (Lipinski definition) is 1. The summed E-state index contributed by atoms with van der Waals surface area (Å²) in [7, 11) is 2.25. The third-order valence-corrected chi connectivity index (χ3v) is 4.36. The van der Waals surface area contributed by atoms with Gasteiger partial charge in [-0.05, 0) is 32.0 Å². The molecule has 0 saturated heterocycles. The molecule has 1 heterocycles. The largest absolute Gasteiger partial charge is 0.326 e. The second-order valence-corrected chi connectivity index (χ2v) is 5.68. The van der Waals surface area contributed by atoms with Crippen molar-refractivity contribution in [1.82, 2.24) is 4.90 Å². The minimum absolute atomic E-state index is 0.678. The fraction of sp³-hybridized carbons (Fsp3) is 0.667. The molecule has 1 aromatic rings. The van der Waals surface area contributed by atoms with Gasteiger partial charge < -0.3 is 5.73 Å². The van der Waals surface area contributed by atoms with E-state index in [-0.39, 0.29) is 0 Å². The number of hydrogen-bond acceptors (Lipinski definition) is 3. The van der Waals surface area contributed by atoms with Gasteiger partial charge in [0.25, 0.3) is 0 Å². The predicted octanol–water partition coefficient (Wildman–Crippen LogP) is 2.58. The zero-order chi connectivity index (χ0) is 10.7. The molecule has 0 aliphatic heterocycles. The molecule has 2 N–H and O–H groups in total. The first-order chi connectivity index (χ1) is 7.29. The van der Waals surface area contributed by atoms with Gasteiger partial charge in [-0.15, -0.1) is 11.3 Å². The normalized spacial score (nSPS) is 17.8. The molecule has 15 heavy (non-hydrogen) atoms. The van der Waals surface area contributed by atoms with E-state index in [2.05, 4.69) is 24.1 Å². The maximum absolute atomic E-state index is 5.61. The smallest absolute Gasteiger partial charge is 0.0327 e. The molecular weight excluding hydrogens is 204 g/mol. The van der Waals surface area contributed by atoms with E-state index in [1.165, 1.54) is 35.4 Å². The van der Waals surface area contributed by atoms with Crippen molar-refractivity contribution < 1.29 is 0 Å². The molecule has 0 radical (unpaired) electrons. The Morgan fingerprint density at radius 3 is 2.60 bits per heavy atom.